The Morgan fingerprint density at radius 3 is 1.75 bits per heavy atom. The van der Waals surface area contributed by atoms with Crippen molar-refractivity contribution in [1.82, 2.24) is 0 Å². The van der Waals surface area contributed by atoms with E-state index in [0.717, 1.165) is 11.1 Å². The molecule has 151 valence electrons. The number of allylic oxidation sites excluding steroid dienone is 4. The van der Waals surface area contributed by atoms with E-state index in [9.17, 15) is 5.11 Å². The molecule has 3 rings (SSSR count). The summed E-state index contributed by atoms with van der Waals surface area (Å²) < 4.78 is 1.42. The summed E-state index contributed by atoms with van der Waals surface area (Å²) in [4.78, 5) is 0. The zero-order chi connectivity index (χ0) is 19.7. The predicted molar refractivity (Wildman–Crippen MR) is 110 cm³/mol. The van der Waals surface area contributed by atoms with E-state index in [1.807, 2.05) is 42.5 Å². The molecule has 0 aliphatic heterocycles. The number of rotatable bonds is 1. The Bertz CT molecular complexity index is 791. The second-order valence-corrected chi connectivity index (χ2v) is 8.28. The molecule has 0 saturated heterocycles. The molecule has 0 bridgehead atoms. The maximum atomic E-state index is 9.27. The Balaban J connectivity index is 0. The second kappa shape index (κ2) is 14.8. The second-order valence-electron chi connectivity index (χ2n) is 6.72. The number of hydrogen-bond donors (Lipinski definition) is 1. The van der Waals surface area contributed by atoms with E-state index in [1.165, 1.54) is 20.5 Å². The molecule has 1 nitrogen and oxygen atoms in total. The molecule has 2 aromatic carbocycles. The van der Waals surface area contributed by atoms with Crippen molar-refractivity contribution in [1.29, 1.82) is 0 Å². The molecule has 0 spiro atoms. The summed E-state index contributed by atoms with van der Waals surface area (Å²) >= 11 is 2.08. The number of phenolic OH excluding ortho intramolecular Hbond substituents is 1. The minimum Gasteiger partial charge on any atom is -1.00 e. The van der Waals surface area contributed by atoms with Crippen LogP contribution in [0.15, 0.2) is 71.3 Å². The Hall–Kier alpha value is -1.12. The fourth-order valence-electron chi connectivity index (χ4n) is 2.48. The first-order valence-electron chi connectivity index (χ1n) is 8.86. The van der Waals surface area contributed by atoms with Gasteiger partial charge in [-0.1, -0.05) is 69.2 Å². The van der Waals surface area contributed by atoms with Gasteiger partial charge in [0, 0.05) is 0 Å². The van der Waals surface area contributed by atoms with Gasteiger partial charge in [-0.25, -0.2) is 5.57 Å². The quantitative estimate of drug-likeness (QED) is 0.495. The molecule has 1 N–H and O–H groups in total. The number of phenols is 1. The van der Waals surface area contributed by atoms with Crippen molar-refractivity contribution in [2.75, 3.05) is 0 Å². The van der Waals surface area contributed by atoms with Crippen LogP contribution in [-0.2, 0) is 20.0 Å². The van der Waals surface area contributed by atoms with E-state index in [-0.39, 0.29) is 24.8 Å². The van der Waals surface area contributed by atoms with Gasteiger partial charge in [0.05, 0.1) is 0 Å². The van der Waals surface area contributed by atoms with Crippen LogP contribution in [0.5, 0.6) is 5.75 Å². The Labute approximate surface area is 194 Å². The van der Waals surface area contributed by atoms with Crippen LogP contribution in [0.2, 0.25) is 0 Å². The maximum Gasteiger partial charge on any atom is 0.116 e. The van der Waals surface area contributed by atoms with Crippen LogP contribution in [0.1, 0.15) is 41.5 Å². The van der Waals surface area contributed by atoms with Crippen LogP contribution in [0.25, 0.3) is 11.1 Å². The molecule has 4 heteroatoms. The van der Waals surface area contributed by atoms with Crippen molar-refractivity contribution in [3.63, 3.8) is 0 Å². The summed E-state index contributed by atoms with van der Waals surface area (Å²) in [5, 5.41) is 9.27. The minimum atomic E-state index is 0. The third-order valence-corrected chi connectivity index (χ3v) is 4.19. The molecule has 0 aromatic heterocycles. The molecule has 1 aliphatic rings. The Kier molecular flexibility index (Phi) is 15.4. The van der Waals surface area contributed by atoms with Crippen molar-refractivity contribution in [3.05, 3.63) is 77.4 Å². The zero-order valence-corrected chi connectivity index (χ0v) is 20.6. The molecule has 1 unspecified atom stereocenters. The first-order valence-corrected chi connectivity index (χ1v) is 9.64. The molecular formula is C24H29Cl2OTi-2. The summed E-state index contributed by atoms with van der Waals surface area (Å²) in [6.45, 7) is 12.8. The van der Waals surface area contributed by atoms with E-state index >= 15 is 0 Å². The van der Waals surface area contributed by atoms with Gasteiger partial charge >= 0.3 is 37.6 Å². The minimum absolute atomic E-state index is 0. The predicted octanol–water partition coefficient (Wildman–Crippen LogP) is 0.535. The topological polar surface area (TPSA) is 20.2 Å². The standard InChI is InChI=1S/C12H10O.C9H13.C3H6.2ClH.Ti/c13-12-8-4-7-11(9-12)10-5-2-1-3-6-10;1-6-5-7(2)9(4)8(6)3;1-3-2;;;/h1-9,13H;6H,1-4H3;1-2H3;2*1H;/q;-1;;;;+1/p-2. The largest absolute Gasteiger partial charge is 1.00 e. The van der Waals surface area contributed by atoms with Crippen molar-refractivity contribution >= 4 is 3.81 Å². The smallest absolute Gasteiger partial charge is 0.116 e. The fourth-order valence-corrected chi connectivity index (χ4v) is 2.48. The summed E-state index contributed by atoms with van der Waals surface area (Å²) in [7, 11) is 0. The van der Waals surface area contributed by atoms with Gasteiger partial charge in [-0.2, -0.15) is 11.1 Å². The van der Waals surface area contributed by atoms with Gasteiger partial charge in [0.25, 0.3) is 0 Å². The third kappa shape index (κ3) is 10.4. The number of halogens is 2. The molecule has 1 atom stereocenters. The van der Waals surface area contributed by atoms with Gasteiger partial charge in [-0.3, -0.25) is 6.08 Å². The van der Waals surface area contributed by atoms with Crippen LogP contribution in [0.3, 0.4) is 0 Å². The zero-order valence-electron chi connectivity index (χ0n) is 17.5. The molecule has 2 aromatic rings. The van der Waals surface area contributed by atoms with Gasteiger partial charge in [0.1, 0.15) is 5.75 Å². The van der Waals surface area contributed by atoms with Crippen LogP contribution >= 0.6 is 0 Å². The van der Waals surface area contributed by atoms with E-state index in [0.29, 0.717) is 11.7 Å². The summed E-state index contributed by atoms with van der Waals surface area (Å²) in [6, 6.07) is 17.3. The summed E-state index contributed by atoms with van der Waals surface area (Å²) in [6.07, 6.45) is 3.36. The first-order chi connectivity index (χ1) is 12.2. The molecule has 0 fully saturated rings. The van der Waals surface area contributed by atoms with Gasteiger partial charge in [-0.15, -0.1) is 6.92 Å². The maximum absolute atomic E-state index is 9.27. The fraction of sp³-hybridized carbons (Fsp3) is 0.292. The van der Waals surface area contributed by atoms with Crippen LogP contribution in [0.4, 0.5) is 0 Å². The molecule has 1 aliphatic carbocycles. The SMILES string of the molecule is CC1=[C-]C(C)C(C)=C1C.C[C](C)=[Ti+].Oc1cccc(-c2ccccc2)c1.[Cl-].[Cl-]. The molecule has 0 amide bonds. The van der Waals surface area contributed by atoms with Crippen molar-refractivity contribution in [2.45, 2.75) is 41.5 Å². The number of benzene rings is 2. The Morgan fingerprint density at radius 1 is 0.893 bits per heavy atom. The van der Waals surface area contributed by atoms with Crippen LogP contribution < -0.4 is 24.8 Å². The van der Waals surface area contributed by atoms with E-state index in [4.69, 9.17) is 0 Å². The van der Waals surface area contributed by atoms with E-state index < -0.39 is 0 Å². The number of hydrogen-bond acceptors (Lipinski definition) is 1. The van der Waals surface area contributed by atoms with Gasteiger partial charge in [-0.05, 0) is 23.3 Å². The van der Waals surface area contributed by atoms with Gasteiger partial charge < -0.3 is 29.9 Å². The van der Waals surface area contributed by atoms with Crippen molar-refractivity contribution < 1.29 is 49.9 Å². The van der Waals surface area contributed by atoms with E-state index in [2.05, 4.69) is 67.6 Å². The van der Waals surface area contributed by atoms with Gasteiger partial charge in [0.2, 0.25) is 0 Å². The van der Waals surface area contributed by atoms with Crippen LogP contribution in [-0.4, -0.2) is 8.92 Å². The van der Waals surface area contributed by atoms with Gasteiger partial charge in [0.15, 0.2) is 0 Å². The molecule has 0 heterocycles. The average Bonchev–Trinajstić information content (AvgIpc) is 2.82. The molecule has 0 saturated carbocycles. The summed E-state index contributed by atoms with van der Waals surface area (Å²) in [5.74, 6) is 0.867. The summed E-state index contributed by atoms with van der Waals surface area (Å²) in [5.41, 5.74) is 6.41. The molecule has 28 heavy (non-hydrogen) atoms. The van der Waals surface area contributed by atoms with E-state index in [1.54, 1.807) is 12.1 Å². The van der Waals surface area contributed by atoms with Crippen LogP contribution in [0, 0.1) is 12.0 Å². The third-order valence-electron chi connectivity index (χ3n) is 4.19. The monoisotopic (exact) mass is 451 g/mol. The van der Waals surface area contributed by atoms with Crippen molar-refractivity contribution in [3.8, 4) is 16.9 Å². The normalized spacial score (nSPS) is 14.3. The molecular weight excluding hydrogens is 423 g/mol. The Morgan fingerprint density at radius 2 is 1.39 bits per heavy atom. The van der Waals surface area contributed by atoms with Crippen molar-refractivity contribution in [2.24, 2.45) is 5.92 Å². The molecule has 0 radical (unpaired) electrons. The average molecular weight is 452 g/mol. The first kappa shape index (κ1) is 29.1. The number of aromatic hydroxyl groups is 1.